The van der Waals surface area contributed by atoms with E-state index in [-0.39, 0.29) is 0 Å². The number of hydrogen-bond donors (Lipinski definition) is 0. The molecule has 0 aliphatic rings. The van der Waals surface area contributed by atoms with Gasteiger partial charge in [-0.25, -0.2) is 0 Å². The lowest BCUT2D eigenvalue weighted by Crippen LogP contribution is -2.04. The molecule has 0 fully saturated rings. The van der Waals surface area contributed by atoms with Crippen LogP contribution in [0.1, 0.15) is 72.1 Å². The summed E-state index contributed by atoms with van der Waals surface area (Å²) in [6.07, 6.45) is 11.5. The average Bonchev–Trinajstić information content (AvgIpc) is 2.30. The molecule has 17 heavy (non-hydrogen) atoms. The van der Waals surface area contributed by atoms with Crippen LogP contribution in [0.2, 0.25) is 0 Å². The fourth-order valence-electron chi connectivity index (χ4n) is 1.74. The molecule has 0 atom stereocenters. The average molecular weight is 260 g/mol. The van der Waals surface area contributed by atoms with Crippen molar-refractivity contribution in [2.75, 3.05) is 18.1 Å². The maximum absolute atomic E-state index is 5.51. The van der Waals surface area contributed by atoms with E-state index in [1.54, 1.807) is 0 Å². The summed E-state index contributed by atoms with van der Waals surface area (Å²) in [5.41, 5.74) is 0. The molecule has 0 radical (unpaired) electrons. The highest BCUT2D eigenvalue weighted by Crippen LogP contribution is 2.11. The molecule has 1 nitrogen and oxygen atoms in total. The largest absolute Gasteiger partial charge is 0.379 e. The minimum Gasteiger partial charge on any atom is -0.379 e. The number of rotatable bonds is 13. The van der Waals surface area contributed by atoms with Gasteiger partial charge in [-0.15, -0.1) is 0 Å². The molecule has 0 aliphatic carbocycles. The highest BCUT2D eigenvalue weighted by molar-refractivity contribution is 7.99. The van der Waals surface area contributed by atoms with Crippen molar-refractivity contribution in [1.29, 1.82) is 0 Å². The van der Waals surface area contributed by atoms with Gasteiger partial charge in [0.15, 0.2) is 0 Å². The molecule has 104 valence electrons. The summed E-state index contributed by atoms with van der Waals surface area (Å²) in [4.78, 5) is 0. The van der Waals surface area contributed by atoms with Gasteiger partial charge in [-0.2, -0.15) is 11.8 Å². The molecule has 2 heteroatoms. The van der Waals surface area contributed by atoms with Crippen LogP contribution in [0, 0.1) is 0 Å². The minimum atomic E-state index is 0.392. The Labute approximate surface area is 113 Å². The lowest BCUT2D eigenvalue weighted by molar-refractivity contribution is 0.0800. The summed E-state index contributed by atoms with van der Waals surface area (Å²) in [5.74, 6) is 2.61. The predicted molar refractivity (Wildman–Crippen MR) is 81.0 cm³/mol. The van der Waals surface area contributed by atoms with Crippen LogP contribution in [0.5, 0.6) is 0 Å². The molecule has 0 rings (SSSR count). The van der Waals surface area contributed by atoms with Crippen LogP contribution in [0.4, 0.5) is 0 Å². The van der Waals surface area contributed by atoms with Crippen molar-refractivity contribution >= 4 is 11.8 Å². The summed E-state index contributed by atoms with van der Waals surface area (Å²) in [6.45, 7) is 7.42. The molecule has 0 amide bonds. The molecule has 0 saturated carbocycles. The van der Waals surface area contributed by atoms with Crippen molar-refractivity contribution in [2.45, 2.75) is 78.2 Å². The van der Waals surface area contributed by atoms with Crippen molar-refractivity contribution in [3.05, 3.63) is 0 Å². The van der Waals surface area contributed by atoms with Crippen LogP contribution < -0.4 is 0 Å². The predicted octanol–water partition coefficient (Wildman–Crippen LogP) is 5.29. The first kappa shape index (κ1) is 17.3. The lowest BCUT2D eigenvalue weighted by Gasteiger charge is -2.06. The van der Waals surface area contributed by atoms with Gasteiger partial charge in [0, 0.05) is 6.61 Å². The minimum absolute atomic E-state index is 0.392. The third kappa shape index (κ3) is 16.3. The summed E-state index contributed by atoms with van der Waals surface area (Å²) in [5, 5.41) is 0. The van der Waals surface area contributed by atoms with Gasteiger partial charge in [-0.3, -0.25) is 0 Å². The Kier molecular flexibility index (Phi) is 14.6. The number of ether oxygens (including phenoxy) is 1. The third-order valence-electron chi connectivity index (χ3n) is 2.78. The van der Waals surface area contributed by atoms with E-state index in [4.69, 9.17) is 4.74 Å². The number of unbranched alkanes of at least 4 members (excludes halogenated alkanes) is 6. The van der Waals surface area contributed by atoms with Gasteiger partial charge < -0.3 is 4.74 Å². The van der Waals surface area contributed by atoms with Crippen LogP contribution in [0.25, 0.3) is 0 Å². The Bertz CT molecular complexity index is 137. The quantitative estimate of drug-likeness (QED) is 0.416. The number of hydrogen-bond acceptors (Lipinski definition) is 2. The molecule has 0 N–H and O–H groups in total. The lowest BCUT2D eigenvalue weighted by atomic mass is 10.1. The first-order chi connectivity index (χ1) is 8.27. The summed E-state index contributed by atoms with van der Waals surface area (Å²) < 4.78 is 5.51. The van der Waals surface area contributed by atoms with Crippen LogP contribution >= 0.6 is 11.8 Å². The molecule has 0 spiro atoms. The normalized spacial score (nSPS) is 11.3. The molecular formula is C15H32OS. The van der Waals surface area contributed by atoms with Gasteiger partial charge in [0.25, 0.3) is 0 Å². The molecule has 0 unspecified atom stereocenters. The third-order valence-corrected chi connectivity index (χ3v) is 3.93. The Morgan fingerprint density at radius 1 is 0.824 bits per heavy atom. The van der Waals surface area contributed by atoms with E-state index in [1.807, 2.05) is 0 Å². The van der Waals surface area contributed by atoms with Gasteiger partial charge in [-0.1, -0.05) is 45.4 Å². The zero-order valence-electron chi connectivity index (χ0n) is 12.2. The monoisotopic (exact) mass is 260 g/mol. The Morgan fingerprint density at radius 2 is 1.41 bits per heavy atom. The fourth-order valence-corrected chi connectivity index (χ4v) is 2.68. The second kappa shape index (κ2) is 14.4. The van der Waals surface area contributed by atoms with Crippen LogP contribution in [0.3, 0.4) is 0 Å². The van der Waals surface area contributed by atoms with E-state index in [0.717, 1.165) is 6.61 Å². The molecule has 0 heterocycles. The van der Waals surface area contributed by atoms with E-state index in [1.165, 1.54) is 62.9 Å². The van der Waals surface area contributed by atoms with Crippen molar-refractivity contribution in [2.24, 2.45) is 0 Å². The van der Waals surface area contributed by atoms with Gasteiger partial charge in [0.1, 0.15) is 0 Å². The standard InChI is InChI=1S/C15H32OS/c1-4-5-6-7-8-9-10-13-17-14-11-12-16-15(2)3/h15H,4-14H2,1-3H3. The zero-order chi connectivity index (χ0) is 12.8. The van der Waals surface area contributed by atoms with Gasteiger partial charge in [-0.05, 0) is 38.2 Å². The smallest absolute Gasteiger partial charge is 0.0518 e. The highest BCUT2D eigenvalue weighted by Gasteiger charge is 1.94. The highest BCUT2D eigenvalue weighted by atomic mass is 32.2. The molecule has 0 saturated heterocycles. The second-order valence-corrected chi connectivity index (χ2v) is 6.23. The van der Waals surface area contributed by atoms with Crippen molar-refractivity contribution in [3.63, 3.8) is 0 Å². The van der Waals surface area contributed by atoms with E-state index in [2.05, 4.69) is 32.5 Å². The summed E-state index contributed by atoms with van der Waals surface area (Å²) >= 11 is 2.09. The SMILES string of the molecule is CCCCCCCCCSCCCOC(C)C. The van der Waals surface area contributed by atoms with E-state index in [9.17, 15) is 0 Å². The Morgan fingerprint density at radius 3 is 2.06 bits per heavy atom. The van der Waals surface area contributed by atoms with Crippen LogP contribution in [-0.4, -0.2) is 24.2 Å². The van der Waals surface area contributed by atoms with E-state index in [0.29, 0.717) is 6.10 Å². The molecule has 0 aliphatic heterocycles. The second-order valence-electron chi connectivity index (χ2n) is 5.01. The Balaban J connectivity index is 2.89. The molecule has 0 aromatic rings. The van der Waals surface area contributed by atoms with Crippen molar-refractivity contribution in [1.82, 2.24) is 0 Å². The van der Waals surface area contributed by atoms with Crippen LogP contribution in [0.15, 0.2) is 0 Å². The maximum Gasteiger partial charge on any atom is 0.0518 e. The summed E-state index contributed by atoms with van der Waals surface area (Å²) in [6, 6.07) is 0. The van der Waals surface area contributed by atoms with Crippen molar-refractivity contribution in [3.8, 4) is 0 Å². The molecule has 0 bridgehead atoms. The topological polar surface area (TPSA) is 9.23 Å². The van der Waals surface area contributed by atoms with E-state index < -0.39 is 0 Å². The number of thioether (sulfide) groups is 1. The first-order valence-corrected chi connectivity index (χ1v) is 8.62. The molecule has 0 aromatic carbocycles. The Hall–Kier alpha value is 0.310. The molecule has 0 aromatic heterocycles. The summed E-state index contributed by atoms with van der Waals surface area (Å²) in [7, 11) is 0. The first-order valence-electron chi connectivity index (χ1n) is 7.46. The van der Waals surface area contributed by atoms with Gasteiger partial charge >= 0.3 is 0 Å². The van der Waals surface area contributed by atoms with E-state index >= 15 is 0 Å². The van der Waals surface area contributed by atoms with Gasteiger partial charge in [0.05, 0.1) is 6.10 Å². The van der Waals surface area contributed by atoms with Gasteiger partial charge in [0.2, 0.25) is 0 Å². The van der Waals surface area contributed by atoms with Crippen molar-refractivity contribution < 1.29 is 4.74 Å². The fraction of sp³-hybridized carbons (Fsp3) is 1.00. The molecular weight excluding hydrogens is 228 g/mol. The maximum atomic E-state index is 5.51. The zero-order valence-corrected chi connectivity index (χ0v) is 13.0. The van der Waals surface area contributed by atoms with Crippen LogP contribution in [-0.2, 0) is 4.74 Å².